The Morgan fingerprint density at radius 3 is 2.93 bits per heavy atom. The maximum absolute atomic E-state index is 10.9. The van der Waals surface area contributed by atoms with E-state index in [9.17, 15) is 4.79 Å². The number of carboxylic acid groups (broad SMARTS) is 1. The fourth-order valence-electron chi connectivity index (χ4n) is 1.31. The Kier molecular flexibility index (Phi) is 4.71. The molecule has 1 aromatic heterocycles. The second-order valence-electron chi connectivity index (χ2n) is 3.42. The van der Waals surface area contributed by atoms with E-state index in [2.05, 4.69) is 10.3 Å². The minimum absolute atomic E-state index is 0.448. The number of hydrogen-bond donors (Lipinski definition) is 2. The van der Waals surface area contributed by atoms with Crippen molar-refractivity contribution in [2.24, 2.45) is 0 Å². The zero-order chi connectivity index (χ0) is 11.3. The summed E-state index contributed by atoms with van der Waals surface area (Å²) in [6.45, 7) is 4.51. The molecule has 0 radical (unpaired) electrons. The van der Waals surface area contributed by atoms with Crippen LogP contribution in [-0.4, -0.2) is 22.1 Å². The lowest BCUT2D eigenvalue weighted by Gasteiger charge is -2.12. The lowest BCUT2D eigenvalue weighted by molar-refractivity contribution is -0.139. The molecule has 1 aromatic rings. The van der Waals surface area contributed by atoms with E-state index in [1.54, 1.807) is 16.8 Å². The predicted octanol–water partition coefficient (Wildman–Crippen LogP) is 1.79. The van der Waals surface area contributed by atoms with Crippen LogP contribution in [-0.2, 0) is 11.3 Å². The molecular weight excluding hydrogens is 212 g/mol. The van der Waals surface area contributed by atoms with Gasteiger partial charge in [-0.1, -0.05) is 13.3 Å². The molecule has 0 saturated heterocycles. The standard InChI is InChI=1S/C10H16N2O2S/c1-3-4-8(10(13)14)11-5-9-7(2)12-6-15-9/h6,8,11H,3-5H2,1-2H3,(H,13,14). The van der Waals surface area contributed by atoms with Crippen LogP contribution in [0.2, 0.25) is 0 Å². The van der Waals surface area contributed by atoms with Gasteiger partial charge in [0.1, 0.15) is 6.04 Å². The SMILES string of the molecule is CCCC(NCc1scnc1C)C(=O)O. The summed E-state index contributed by atoms with van der Waals surface area (Å²) in [5.41, 5.74) is 2.76. The van der Waals surface area contributed by atoms with E-state index >= 15 is 0 Å². The van der Waals surface area contributed by atoms with Crippen LogP contribution in [0, 0.1) is 6.92 Å². The molecule has 0 saturated carbocycles. The van der Waals surface area contributed by atoms with E-state index in [4.69, 9.17) is 5.11 Å². The predicted molar refractivity (Wildman–Crippen MR) is 60.0 cm³/mol. The molecule has 84 valence electrons. The summed E-state index contributed by atoms with van der Waals surface area (Å²) in [4.78, 5) is 16.1. The third-order valence-electron chi connectivity index (χ3n) is 2.23. The Morgan fingerprint density at radius 1 is 1.73 bits per heavy atom. The average molecular weight is 228 g/mol. The van der Waals surface area contributed by atoms with E-state index in [0.717, 1.165) is 17.0 Å². The lowest BCUT2D eigenvalue weighted by atomic mass is 10.1. The molecule has 2 N–H and O–H groups in total. The van der Waals surface area contributed by atoms with Crippen LogP contribution in [0.1, 0.15) is 30.3 Å². The van der Waals surface area contributed by atoms with Crippen molar-refractivity contribution in [3.05, 3.63) is 16.1 Å². The van der Waals surface area contributed by atoms with Gasteiger partial charge in [-0.05, 0) is 13.3 Å². The van der Waals surface area contributed by atoms with Crippen molar-refractivity contribution in [3.63, 3.8) is 0 Å². The minimum Gasteiger partial charge on any atom is -0.480 e. The highest BCUT2D eigenvalue weighted by molar-refractivity contribution is 7.09. The van der Waals surface area contributed by atoms with Gasteiger partial charge in [0.05, 0.1) is 11.2 Å². The van der Waals surface area contributed by atoms with Gasteiger partial charge in [-0.25, -0.2) is 4.98 Å². The first kappa shape index (κ1) is 12.1. The first-order chi connectivity index (χ1) is 7.15. The number of carboxylic acids is 1. The molecule has 0 aliphatic heterocycles. The highest BCUT2D eigenvalue weighted by Gasteiger charge is 2.15. The molecule has 0 amide bonds. The topological polar surface area (TPSA) is 62.2 Å². The molecule has 1 rings (SSSR count). The molecule has 0 aromatic carbocycles. The van der Waals surface area contributed by atoms with Gasteiger partial charge in [0.2, 0.25) is 0 Å². The second-order valence-corrected chi connectivity index (χ2v) is 4.36. The van der Waals surface area contributed by atoms with Gasteiger partial charge in [0, 0.05) is 11.4 Å². The van der Waals surface area contributed by atoms with Crippen LogP contribution in [0.4, 0.5) is 0 Å². The molecule has 0 aliphatic rings. The Bertz CT molecular complexity index is 325. The van der Waals surface area contributed by atoms with Gasteiger partial charge in [0.15, 0.2) is 0 Å². The molecule has 5 heteroatoms. The van der Waals surface area contributed by atoms with Crippen LogP contribution >= 0.6 is 11.3 Å². The Morgan fingerprint density at radius 2 is 2.47 bits per heavy atom. The van der Waals surface area contributed by atoms with Gasteiger partial charge < -0.3 is 5.11 Å². The molecule has 15 heavy (non-hydrogen) atoms. The van der Waals surface area contributed by atoms with Gasteiger partial charge in [0.25, 0.3) is 0 Å². The molecule has 0 bridgehead atoms. The van der Waals surface area contributed by atoms with Crippen LogP contribution in [0.3, 0.4) is 0 Å². The monoisotopic (exact) mass is 228 g/mol. The van der Waals surface area contributed by atoms with E-state index < -0.39 is 12.0 Å². The van der Waals surface area contributed by atoms with E-state index in [0.29, 0.717) is 13.0 Å². The number of carbonyl (C=O) groups is 1. The molecule has 4 nitrogen and oxygen atoms in total. The third-order valence-corrected chi connectivity index (χ3v) is 3.16. The largest absolute Gasteiger partial charge is 0.480 e. The normalized spacial score (nSPS) is 12.7. The highest BCUT2D eigenvalue weighted by Crippen LogP contribution is 2.12. The Hall–Kier alpha value is -0.940. The number of hydrogen-bond acceptors (Lipinski definition) is 4. The summed E-state index contributed by atoms with van der Waals surface area (Å²) in [7, 11) is 0. The van der Waals surface area contributed by atoms with Gasteiger partial charge >= 0.3 is 5.97 Å². The number of aryl methyl sites for hydroxylation is 1. The zero-order valence-electron chi connectivity index (χ0n) is 8.99. The molecule has 1 unspecified atom stereocenters. The van der Waals surface area contributed by atoms with Crippen LogP contribution in [0.5, 0.6) is 0 Å². The minimum atomic E-state index is -0.779. The summed E-state index contributed by atoms with van der Waals surface area (Å²) >= 11 is 1.55. The number of aliphatic carboxylic acids is 1. The fraction of sp³-hybridized carbons (Fsp3) is 0.600. The van der Waals surface area contributed by atoms with E-state index in [1.165, 1.54) is 0 Å². The number of nitrogens with one attached hydrogen (secondary N) is 1. The maximum Gasteiger partial charge on any atom is 0.320 e. The Labute approximate surface area is 93.4 Å². The van der Waals surface area contributed by atoms with Gasteiger partial charge in [-0.2, -0.15) is 0 Å². The Balaban J connectivity index is 2.47. The highest BCUT2D eigenvalue weighted by atomic mass is 32.1. The average Bonchev–Trinajstić information content (AvgIpc) is 2.58. The summed E-state index contributed by atoms with van der Waals surface area (Å²) in [6.07, 6.45) is 1.53. The van der Waals surface area contributed by atoms with E-state index in [-0.39, 0.29) is 0 Å². The van der Waals surface area contributed by atoms with Crippen molar-refractivity contribution >= 4 is 17.3 Å². The number of rotatable bonds is 6. The number of aromatic nitrogens is 1. The van der Waals surface area contributed by atoms with Crippen molar-refractivity contribution in [1.29, 1.82) is 0 Å². The van der Waals surface area contributed by atoms with Gasteiger partial charge in [-0.15, -0.1) is 11.3 Å². The summed E-state index contributed by atoms with van der Waals surface area (Å²) in [5, 5.41) is 12.0. The maximum atomic E-state index is 10.9. The molecule has 0 aliphatic carbocycles. The van der Waals surface area contributed by atoms with Crippen molar-refractivity contribution in [3.8, 4) is 0 Å². The van der Waals surface area contributed by atoms with E-state index in [1.807, 2.05) is 13.8 Å². The molecular formula is C10H16N2O2S. The molecule has 0 spiro atoms. The molecule has 1 atom stereocenters. The van der Waals surface area contributed by atoms with Crippen molar-refractivity contribution < 1.29 is 9.90 Å². The quantitative estimate of drug-likeness (QED) is 0.779. The summed E-state index contributed by atoms with van der Waals surface area (Å²) in [5.74, 6) is -0.779. The zero-order valence-corrected chi connectivity index (χ0v) is 9.80. The van der Waals surface area contributed by atoms with Crippen molar-refractivity contribution in [1.82, 2.24) is 10.3 Å². The van der Waals surface area contributed by atoms with Crippen LogP contribution < -0.4 is 5.32 Å². The lowest BCUT2D eigenvalue weighted by Crippen LogP contribution is -2.35. The first-order valence-electron chi connectivity index (χ1n) is 5.00. The number of nitrogens with zero attached hydrogens (tertiary/aromatic N) is 1. The third kappa shape index (κ3) is 3.60. The molecule has 0 fully saturated rings. The van der Waals surface area contributed by atoms with Crippen molar-refractivity contribution in [2.75, 3.05) is 0 Å². The smallest absolute Gasteiger partial charge is 0.320 e. The van der Waals surface area contributed by atoms with Crippen LogP contribution in [0.15, 0.2) is 5.51 Å². The number of thiazole rings is 1. The molecule has 1 heterocycles. The fourth-order valence-corrected chi connectivity index (χ4v) is 2.04. The van der Waals surface area contributed by atoms with Crippen molar-refractivity contribution in [2.45, 2.75) is 39.3 Å². The summed E-state index contributed by atoms with van der Waals surface area (Å²) in [6, 6.07) is -0.448. The van der Waals surface area contributed by atoms with Gasteiger partial charge in [-0.3, -0.25) is 10.1 Å². The summed E-state index contributed by atoms with van der Waals surface area (Å²) < 4.78 is 0. The first-order valence-corrected chi connectivity index (χ1v) is 5.88. The second kappa shape index (κ2) is 5.82. The van der Waals surface area contributed by atoms with Crippen LogP contribution in [0.25, 0.3) is 0 Å².